The molecular formula is C11H16N6S. The Morgan fingerprint density at radius 3 is 2.67 bits per heavy atom. The lowest BCUT2D eigenvalue weighted by Gasteiger charge is -2.13. The topological polar surface area (TPSA) is 79.4 Å². The van der Waals surface area contributed by atoms with Crippen LogP contribution in [0.2, 0.25) is 0 Å². The Kier molecular flexibility index (Phi) is 3.81. The summed E-state index contributed by atoms with van der Waals surface area (Å²) in [6, 6.07) is 0. The summed E-state index contributed by atoms with van der Waals surface area (Å²) in [7, 11) is 1.86. The Hall–Kier alpha value is -1.63. The minimum absolute atomic E-state index is 0.330. The lowest BCUT2D eigenvalue weighted by molar-refractivity contribution is 0.804. The minimum Gasteiger partial charge on any atom is -0.373 e. The molecule has 0 saturated heterocycles. The molecule has 0 aliphatic heterocycles. The molecule has 0 spiro atoms. The van der Waals surface area contributed by atoms with Crippen LogP contribution in [0.15, 0.2) is 16.5 Å². The van der Waals surface area contributed by atoms with Gasteiger partial charge in [0.15, 0.2) is 0 Å². The Labute approximate surface area is 110 Å². The minimum atomic E-state index is 0.330. The summed E-state index contributed by atoms with van der Waals surface area (Å²) in [4.78, 5) is 12.9. The third-order valence-corrected chi connectivity index (χ3v) is 3.31. The van der Waals surface area contributed by atoms with Gasteiger partial charge in [-0.25, -0.2) is 15.0 Å². The highest BCUT2D eigenvalue weighted by Crippen LogP contribution is 2.33. The average molecular weight is 264 g/mol. The van der Waals surface area contributed by atoms with Crippen molar-refractivity contribution in [3.63, 3.8) is 0 Å². The fraction of sp³-hybridized carbons (Fsp3) is 0.455. The van der Waals surface area contributed by atoms with Gasteiger partial charge in [-0.2, -0.15) is 0 Å². The second-order valence-corrected chi connectivity index (χ2v) is 5.11. The number of anilines is 1. The SMILES string of the molecule is CNc1ncnc(Sc2n[nH]c(C)n2)c1C(C)C. The van der Waals surface area contributed by atoms with Crippen molar-refractivity contribution in [3.05, 3.63) is 17.7 Å². The van der Waals surface area contributed by atoms with Gasteiger partial charge in [-0.15, -0.1) is 5.10 Å². The van der Waals surface area contributed by atoms with Gasteiger partial charge in [0, 0.05) is 12.6 Å². The van der Waals surface area contributed by atoms with E-state index in [0.29, 0.717) is 11.1 Å². The van der Waals surface area contributed by atoms with E-state index in [2.05, 4.69) is 44.3 Å². The van der Waals surface area contributed by atoms with Crippen LogP contribution in [-0.4, -0.2) is 32.2 Å². The van der Waals surface area contributed by atoms with Crippen molar-refractivity contribution in [1.29, 1.82) is 0 Å². The number of nitrogens with zero attached hydrogens (tertiary/aromatic N) is 4. The van der Waals surface area contributed by atoms with E-state index >= 15 is 0 Å². The summed E-state index contributed by atoms with van der Waals surface area (Å²) >= 11 is 1.45. The molecule has 0 amide bonds. The summed E-state index contributed by atoms with van der Waals surface area (Å²) in [6.07, 6.45) is 1.56. The predicted octanol–water partition coefficient (Wildman–Crippen LogP) is 2.22. The molecule has 0 bridgehead atoms. The van der Waals surface area contributed by atoms with E-state index in [9.17, 15) is 0 Å². The average Bonchev–Trinajstić information content (AvgIpc) is 2.74. The van der Waals surface area contributed by atoms with Crippen molar-refractivity contribution in [2.75, 3.05) is 12.4 Å². The van der Waals surface area contributed by atoms with Gasteiger partial charge in [0.25, 0.3) is 0 Å². The summed E-state index contributed by atoms with van der Waals surface area (Å²) in [6.45, 7) is 6.11. The van der Waals surface area contributed by atoms with Crippen LogP contribution in [0.25, 0.3) is 0 Å². The van der Waals surface area contributed by atoms with Crippen LogP contribution < -0.4 is 5.32 Å². The summed E-state index contributed by atoms with van der Waals surface area (Å²) in [5.41, 5.74) is 1.09. The second-order valence-electron chi connectivity index (χ2n) is 4.15. The zero-order valence-corrected chi connectivity index (χ0v) is 11.7. The Balaban J connectivity index is 2.37. The van der Waals surface area contributed by atoms with Gasteiger partial charge >= 0.3 is 0 Å². The smallest absolute Gasteiger partial charge is 0.214 e. The van der Waals surface area contributed by atoms with Crippen LogP contribution in [-0.2, 0) is 0 Å². The third-order valence-electron chi connectivity index (χ3n) is 2.43. The van der Waals surface area contributed by atoms with Crippen molar-refractivity contribution in [1.82, 2.24) is 25.1 Å². The highest BCUT2D eigenvalue weighted by Gasteiger charge is 2.16. The molecule has 2 N–H and O–H groups in total. The molecule has 0 atom stereocenters. The number of hydrogen-bond acceptors (Lipinski definition) is 6. The molecule has 7 heteroatoms. The van der Waals surface area contributed by atoms with Gasteiger partial charge in [0.05, 0.1) is 0 Å². The van der Waals surface area contributed by atoms with Gasteiger partial charge < -0.3 is 5.32 Å². The third kappa shape index (κ3) is 2.61. The van der Waals surface area contributed by atoms with Crippen LogP contribution in [0, 0.1) is 6.92 Å². The monoisotopic (exact) mass is 264 g/mol. The highest BCUT2D eigenvalue weighted by atomic mass is 32.2. The van der Waals surface area contributed by atoms with E-state index in [0.717, 1.165) is 22.2 Å². The lowest BCUT2D eigenvalue weighted by atomic mass is 10.1. The fourth-order valence-corrected chi connectivity index (χ4v) is 2.62. The van der Waals surface area contributed by atoms with E-state index < -0.39 is 0 Å². The van der Waals surface area contributed by atoms with Crippen LogP contribution in [0.1, 0.15) is 31.2 Å². The van der Waals surface area contributed by atoms with Gasteiger partial charge in [-0.05, 0) is 24.6 Å². The maximum Gasteiger partial charge on any atom is 0.214 e. The molecule has 96 valence electrons. The van der Waals surface area contributed by atoms with Crippen molar-refractivity contribution in [2.24, 2.45) is 0 Å². The van der Waals surface area contributed by atoms with Gasteiger partial charge in [0.2, 0.25) is 5.16 Å². The summed E-state index contributed by atoms with van der Waals surface area (Å²) in [5.74, 6) is 1.98. The first-order chi connectivity index (χ1) is 8.61. The van der Waals surface area contributed by atoms with Crippen molar-refractivity contribution in [2.45, 2.75) is 36.9 Å². The van der Waals surface area contributed by atoms with Gasteiger partial charge in [-0.1, -0.05) is 13.8 Å². The molecule has 6 nitrogen and oxygen atoms in total. The van der Waals surface area contributed by atoms with E-state index in [-0.39, 0.29) is 0 Å². The standard InChI is InChI=1S/C11H16N6S/c1-6(2)8-9(12-4)13-5-14-10(8)18-11-15-7(3)16-17-11/h5-6H,1-4H3,(H,12,13,14)(H,15,16,17). The largest absolute Gasteiger partial charge is 0.373 e. The van der Waals surface area contributed by atoms with Gasteiger partial charge in [-0.3, -0.25) is 5.10 Å². The molecule has 0 aliphatic rings. The number of rotatable bonds is 4. The zero-order chi connectivity index (χ0) is 13.1. The van der Waals surface area contributed by atoms with E-state index in [1.807, 2.05) is 14.0 Å². The number of aromatic nitrogens is 5. The summed E-state index contributed by atoms with van der Waals surface area (Å²) in [5, 5.41) is 11.6. The molecule has 2 heterocycles. The second kappa shape index (κ2) is 5.34. The molecule has 0 fully saturated rings. The van der Waals surface area contributed by atoms with Crippen LogP contribution in [0.5, 0.6) is 0 Å². The maximum absolute atomic E-state index is 4.33. The molecule has 2 rings (SSSR count). The Morgan fingerprint density at radius 1 is 1.33 bits per heavy atom. The quantitative estimate of drug-likeness (QED) is 0.824. The van der Waals surface area contributed by atoms with E-state index in [1.165, 1.54) is 11.8 Å². The molecule has 0 aromatic carbocycles. The van der Waals surface area contributed by atoms with Crippen molar-refractivity contribution in [3.8, 4) is 0 Å². The normalized spacial score (nSPS) is 10.9. The van der Waals surface area contributed by atoms with E-state index in [4.69, 9.17) is 0 Å². The molecule has 0 unspecified atom stereocenters. The van der Waals surface area contributed by atoms with Gasteiger partial charge in [0.1, 0.15) is 23.0 Å². The molecule has 2 aromatic rings. The van der Waals surface area contributed by atoms with Crippen LogP contribution in [0.3, 0.4) is 0 Å². The fourth-order valence-electron chi connectivity index (χ4n) is 1.63. The first kappa shape index (κ1) is 12.8. The number of hydrogen-bond donors (Lipinski definition) is 2. The number of aromatic amines is 1. The maximum atomic E-state index is 4.33. The summed E-state index contributed by atoms with van der Waals surface area (Å²) < 4.78 is 0. The first-order valence-corrected chi connectivity index (χ1v) is 6.53. The van der Waals surface area contributed by atoms with Crippen LogP contribution >= 0.6 is 11.8 Å². The number of aryl methyl sites for hydroxylation is 1. The number of nitrogens with one attached hydrogen (secondary N) is 2. The molecular weight excluding hydrogens is 248 g/mol. The number of H-pyrrole nitrogens is 1. The molecule has 0 saturated carbocycles. The first-order valence-electron chi connectivity index (χ1n) is 5.71. The van der Waals surface area contributed by atoms with Crippen molar-refractivity contribution < 1.29 is 0 Å². The molecule has 18 heavy (non-hydrogen) atoms. The predicted molar refractivity (Wildman–Crippen MR) is 70.9 cm³/mol. The Bertz CT molecular complexity index is 536. The Morgan fingerprint density at radius 2 is 2.11 bits per heavy atom. The zero-order valence-electron chi connectivity index (χ0n) is 10.9. The van der Waals surface area contributed by atoms with Crippen molar-refractivity contribution >= 4 is 17.6 Å². The highest BCUT2D eigenvalue weighted by molar-refractivity contribution is 7.99. The molecule has 0 aliphatic carbocycles. The molecule has 2 aromatic heterocycles. The van der Waals surface area contributed by atoms with Crippen LogP contribution in [0.4, 0.5) is 5.82 Å². The molecule has 0 radical (unpaired) electrons. The lowest BCUT2D eigenvalue weighted by Crippen LogP contribution is -2.04. The van der Waals surface area contributed by atoms with E-state index in [1.54, 1.807) is 6.33 Å².